The molecule has 1 N–H and O–H groups in total. The number of thiophene rings is 1. The van der Waals surface area contributed by atoms with Crippen LogP contribution in [0.4, 0.5) is 0 Å². The van der Waals surface area contributed by atoms with Gasteiger partial charge in [0.05, 0.1) is 6.61 Å². The van der Waals surface area contributed by atoms with Crippen LogP contribution in [0.15, 0.2) is 40.9 Å². The Kier molecular flexibility index (Phi) is 5.27. The molecule has 0 saturated carbocycles. The first kappa shape index (κ1) is 16.7. The summed E-state index contributed by atoms with van der Waals surface area (Å²) >= 11 is 1.61. The van der Waals surface area contributed by atoms with Crippen molar-refractivity contribution in [2.24, 2.45) is 0 Å². The maximum atomic E-state index is 5.78. The number of nitrogens with one attached hydrogen (secondary N) is 1. The van der Waals surface area contributed by atoms with Gasteiger partial charge < -0.3 is 14.6 Å². The molecule has 126 valence electrons. The van der Waals surface area contributed by atoms with E-state index in [0.717, 1.165) is 27.5 Å². The quantitative estimate of drug-likeness (QED) is 0.702. The Hall–Kier alpha value is -2.18. The number of hydrogen-bond donors (Lipinski definition) is 1. The lowest BCUT2D eigenvalue weighted by molar-refractivity contribution is 0.340. The number of hydrogen-bond acceptors (Lipinski definition) is 6. The third-order valence-electron chi connectivity index (χ3n) is 3.70. The highest BCUT2D eigenvalue weighted by molar-refractivity contribution is 7.19. The van der Waals surface area contributed by atoms with Crippen molar-refractivity contribution in [1.82, 2.24) is 15.5 Å². The fourth-order valence-electron chi connectivity index (χ4n) is 2.34. The molecule has 5 nitrogen and oxygen atoms in total. The van der Waals surface area contributed by atoms with Gasteiger partial charge in [-0.3, -0.25) is 0 Å². The Morgan fingerprint density at radius 2 is 2.08 bits per heavy atom. The highest BCUT2D eigenvalue weighted by Gasteiger charge is 2.19. The predicted octanol–water partition coefficient (Wildman–Crippen LogP) is 4.01. The highest BCUT2D eigenvalue weighted by atomic mass is 32.1. The third-order valence-corrected chi connectivity index (χ3v) is 4.85. The molecule has 1 unspecified atom stereocenters. The molecule has 0 spiro atoms. The molecule has 0 bridgehead atoms. The van der Waals surface area contributed by atoms with Crippen LogP contribution in [0, 0.1) is 0 Å². The minimum atomic E-state index is 0.296. The molecular weight excluding hydrogens is 322 g/mol. The monoisotopic (exact) mass is 343 g/mol. The number of aromatic nitrogens is 2. The summed E-state index contributed by atoms with van der Waals surface area (Å²) in [6.07, 6.45) is 0.723. The first-order valence-corrected chi connectivity index (χ1v) is 8.85. The van der Waals surface area contributed by atoms with Crippen LogP contribution in [0.3, 0.4) is 0 Å². The van der Waals surface area contributed by atoms with Crippen LogP contribution in [0.25, 0.3) is 21.2 Å². The van der Waals surface area contributed by atoms with Crippen LogP contribution in [-0.4, -0.2) is 29.8 Å². The predicted molar refractivity (Wildman–Crippen MR) is 96.4 cm³/mol. The summed E-state index contributed by atoms with van der Waals surface area (Å²) in [6.45, 7) is 4.65. The summed E-state index contributed by atoms with van der Waals surface area (Å²) in [7, 11) is 1.92. The summed E-state index contributed by atoms with van der Waals surface area (Å²) in [4.78, 5) is 6.53. The summed E-state index contributed by atoms with van der Waals surface area (Å²) in [5.74, 6) is 2.01. The largest absolute Gasteiger partial charge is 0.492 e. The van der Waals surface area contributed by atoms with Crippen LogP contribution in [-0.2, 0) is 6.42 Å². The average Bonchev–Trinajstić information content (AvgIpc) is 3.23. The van der Waals surface area contributed by atoms with Gasteiger partial charge in [0.25, 0.3) is 5.89 Å². The SMILES string of the molecule is CCOc1cc(-c2ccccc2)sc1-c1nc(CC(C)NC)no1. The van der Waals surface area contributed by atoms with Gasteiger partial charge in [-0.2, -0.15) is 4.98 Å². The standard InChI is InChI=1S/C18H21N3O2S/c1-4-22-14-11-15(13-8-6-5-7-9-13)24-17(14)18-20-16(21-23-18)10-12(2)19-3/h5-9,11-12,19H,4,10H2,1-3H3. The maximum Gasteiger partial charge on any atom is 0.271 e. The lowest BCUT2D eigenvalue weighted by atomic mass is 10.2. The van der Waals surface area contributed by atoms with Gasteiger partial charge in [-0.25, -0.2) is 0 Å². The first-order valence-electron chi connectivity index (χ1n) is 8.03. The molecule has 1 atom stereocenters. The van der Waals surface area contributed by atoms with Gasteiger partial charge in [-0.15, -0.1) is 11.3 Å². The Balaban J connectivity index is 1.93. The zero-order valence-corrected chi connectivity index (χ0v) is 14.9. The molecule has 2 heterocycles. The Labute approximate surface area is 145 Å². The van der Waals surface area contributed by atoms with Crippen molar-refractivity contribution >= 4 is 11.3 Å². The second-order valence-electron chi connectivity index (χ2n) is 5.51. The van der Waals surface area contributed by atoms with Crippen LogP contribution in [0.5, 0.6) is 5.75 Å². The van der Waals surface area contributed by atoms with Gasteiger partial charge in [0, 0.05) is 17.3 Å². The molecule has 0 fully saturated rings. The van der Waals surface area contributed by atoms with E-state index < -0.39 is 0 Å². The van der Waals surface area contributed by atoms with Gasteiger partial charge in [-0.05, 0) is 32.5 Å². The number of benzene rings is 1. The third kappa shape index (κ3) is 3.66. The fraction of sp³-hybridized carbons (Fsp3) is 0.333. The van der Waals surface area contributed by atoms with Crippen molar-refractivity contribution in [3.8, 4) is 27.0 Å². The zero-order chi connectivity index (χ0) is 16.9. The van der Waals surface area contributed by atoms with Crippen LogP contribution in [0.1, 0.15) is 19.7 Å². The van der Waals surface area contributed by atoms with Crippen molar-refractivity contribution in [2.75, 3.05) is 13.7 Å². The van der Waals surface area contributed by atoms with E-state index in [1.54, 1.807) is 11.3 Å². The van der Waals surface area contributed by atoms with E-state index in [9.17, 15) is 0 Å². The molecule has 1 aromatic carbocycles. The summed E-state index contributed by atoms with van der Waals surface area (Å²) < 4.78 is 11.2. The Bertz CT molecular complexity index is 783. The molecule has 3 aromatic rings. The number of ether oxygens (including phenoxy) is 1. The van der Waals surface area contributed by atoms with Crippen LogP contribution in [0.2, 0.25) is 0 Å². The van der Waals surface area contributed by atoms with Gasteiger partial charge in [0.1, 0.15) is 10.6 Å². The Morgan fingerprint density at radius 1 is 1.29 bits per heavy atom. The highest BCUT2D eigenvalue weighted by Crippen LogP contribution is 2.42. The van der Waals surface area contributed by atoms with Gasteiger partial charge in [0.15, 0.2) is 5.82 Å². The Morgan fingerprint density at radius 3 is 2.79 bits per heavy atom. The molecule has 0 radical (unpaired) electrons. The minimum absolute atomic E-state index is 0.296. The van der Waals surface area contributed by atoms with E-state index >= 15 is 0 Å². The second kappa shape index (κ2) is 7.59. The van der Waals surface area contributed by atoms with Crippen molar-refractivity contribution in [2.45, 2.75) is 26.3 Å². The molecule has 0 amide bonds. The molecule has 24 heavy (non-hydrogen) atoms. The van der Waals surface area contributed by atoms with E-state index in [1.165, 1.54) is 0 Å². The number of nitrogens with zero attached hydrogens (tertiary/aromatic N) is 2. The van der Waals surface area contributed by atoms with Gasteiger partial charge in [-0.1, -0.05) is 35.5 Å². The lowest BCUT2D eigenvalue weighted by Gasteiger charge is -2.04. The van der Waals surface area contributed by atoms with E-state index in [0.29, 0.717) is 24.4 Å². The second-order valence-corrected chi connectivity index (χ2v) is 6.56. The topological polar surface area (TPSA) is 60.2 Å². The first-order chi connectivity index (χ1) is 11.7. The van der Waals surface area contributed by atoms with Gasteiger partial charge in [0.2, 0.25) is 0 Å². The zero-order valence-electron chi connectivity index (χ0n) is 14.1. The molecule has 0 aliphatic carbocycles. The summed E-state index contributed by atoms with van der Waals surface area (Å²) in [5.41, 5.74) is 1.15. The summed E-state index contributed by atoms with van der Waals surface area (Å²) in [5, 5.41) is 7.26. The fourth-order valence-corrected chi connectivity index (χ4v) is 3.36. The molecule has 3 rings (SSSR count). The van der Waals surface area contributed by atoms with Crippen molar-refractivity contribution in [1.29, 1.82) is 0 Å². The van der Waals surface area contributed by atoms with Crippen LogP contribution >= 0.6 is 11.3 Å². The average molecular weight is 343 g/mol. The molecule has 0 saturated heterocycles. The maximum absolute atomic E-state index is 5.78. The van der Waals surface area contributed by atoms with E-state index in [1.807, 2.05) is 38.2 Å². The smallest absolute Gasteiger partial charge is 0.271 e. The van der Waals surface area contributed by atoms with Crippen molar-refractivity contribution < 1.29 is 9.26 Å². The molecule has 0 aliphatic heterocycles. The molecule has 2 aromatic heterocycles. The van der Waals surface area contributed by atoms with E-state index in [4.69, 9.17) is 9.26 Å². The minimum Gasteiger partial charge on any atom is -0.492 e. The molecule has 6 heteroatoms. The molecule has 0 aliphatic rings. The van der Waals surface area contributed by atoms with E-state index in [2.05, 4.69) is 34.5 Å². The number of likely N-dealkylation sites (N-methyl/N-ethyl adjacent to an activating group) is 1. The normalized spacial score (nSPS) is 12.3. The van der Waals surface area contributed by atoms with Gasteiger partial charge >= 0.3 is 0 Å². The van der Waals surface area contributed by atoms with Crippen molar-refractivity contribution in [3.63, 3.8) is 0 Å². The van der Waals surface area contributed by atoms with Crippen LogP contribution < -0.4 is 10.1 Å². The lowest BCUT2D eigenvalue weighted by Crippen LogP contribution is -2.24. The summed E-state index contributed by atoms with van der Waals surface area (Å²) in [6, 6.07) is 12.6. The van der Waals surface area contributed by atoms with E-state index in [-0.39, 0.29) is 0 Å². The van der Waals surface area contributed by atoms with Crippen molar-refractivity contribution in [3.05, 3.63) is 42.2 Å². The molecular formula is C18H21N3O2S. The number of rotatable bonds is 7.